The van der Waals surface area contributed by atoms with Gasteiger partial charge in [-0.1, -0.05) is 62.4 Å². The molecule has 3 aromatic carbocycles. The van der Waals surface area contributed by atoms with Gasteiger partial charge < -0.3 is 20.1 Å². The molecule has 7 nitrogen and oxygen atoms in total. The smallest absolute Gasteiger partial charge is 0.545 e. The Kier molecular flexibility index (Phi) is 12.0. The van der Waals surface area contributed by atoms with E-state index in [0.29, 0.717) is 5.56 Å². The molecular formula is C33H34CoN3O4. The molecule has 0 spiro atoms. The molecule has 1 heterocycles. The number of para-hydroxylation sites is 2. The van der Waals surface area contributed by atoms with Crippen LogP contribution in [-0.4, -0.2) is 32.6 Å². The van der Waals surface area contributed by atoms with Crippen LogP contribution in [0.25, 0.3) is 0 Å². The van der Waals surface area contributed by atoms with E-state index >= 15 is 0 Å². The Morgan fingerprint density at radius 2 is 1.22 bits per heavy atom. The van der Waals surface area contributed by atoms with Crippen LogP contribution in [0.4, 0.5) is 11.4 Å². The number of carboxylic acids is 1. The van der Waals surface area contributed by atoms with Crippen LogP contribution in [0.15, 0.2) is 88.8 Å². The zero-order valence-corrected chi connectivity index (χ0v) is 25.0. The van der Waals surface area contributed by atoms with Gasteiger partial charge in [-0.15, -0.1) is 0 Å². The van der Waals surface area contributed by atoms with Crippen molar-refractivity contribution in [3.8, 4) is 11.5 Å². The Hall–Kier alpha value is -4.27. The first-order valence-electron chi connectivity index (χ1n) is 12.9. The largest absolute Gasteiger partial charge is 1.00 e. The summed E-state index contributed by atoms with van der Waals surface area (Å²) in [5.74, 6) is -2.62. The van der Waals surface area contributed by atoms with Gasteiger partial charge in [-0.05, 0) is 80.6 Å². The number of pyridine rings is 1. The van der Waals surface area contributed by atoms with Crippen molar-refractivity contribution in [3.63, 3.8) is 0 Å². The number of aryl methyl sites for hydroxylation is 2. The van der Waals surface area contributed by atoms with E-state index in [1.54, 1.807) is 13.8 Å². The maximum absolute atomic E-state index is 10.7. The topological polar surface area (TPSA) is 118 Å². The number of aromatic nitrogens is 1. The van der Waals surface area contributed by atoms with Crippen LogP contribution in [0.3, 0.4) is 0 Å². The van der Waals surface area contributed by atoms with E-state index in [0.717, 1.165) is 45.3 Å². The number of hydrogen-bond acceptors (Lipinski definition) is 7. The number of hydrogen-bond donors (Lipinski definition) is 2. The molecule has 0 aliphatic rings. The average Bonchev–Trinajstić information content (AvgIpc) is 2.92. The second-order valence-electron chi connectivity index (χ2n) is 9.72. The van der Waals surface area contributed by atoms with Crippen LogP contribution in [0.1, 0.15) is 72.0 Å². The van der Waals surface area contributed by atoms with Crippen LogP contribution in [-0.2, 0) is 16.8 Å². The average molecular weight is 596 g/mol. The first kappa shape index (κ1) is 32.9. The Morgan fingerprint density at radius 3 is 1.63 bits per heavy atom. The van der Waals surface area contributed by atoms with Crippen molar-refractivity contribution in [2.45, 2.75) is 47.5 Å². The van der Waals surface area contributed by atoms with E-state index in [2.05, 4.69) is 26.0 Å². The van der Waals surface area contributed by atoms with Crippen molar-refractivity contribution in [1.29, 1.82) is 0 Å². The van der Waals surface area contributed by atoms with Crippen molar-refractivity contribution in [2.24, 2.45) is 9.98 Å². The number of phenolic OH excluding ortho intramolecular Hbond substituents is 1. The maximum Gasteiger partial charge on any atom is 1.00 e. The molecule has 0 unspecified atom stereocenters. The summed E-state index contributed by atoms with van der Waals surface area (Å²) in [4.78, 5) is 25.0. The molecule has 0 fully saturated rings. The van der Waals surface area contributed by atoms with Crippen molar-refractivity contribution in [1.82, 2.24) is 4.98 Å². The van der Waals surface area contributed by atoms with E-state index < -0.39 is 17.5 Å². The van der Waals surface area contributed by atoms with Crippen LogP contribution in [0.2, 0.25) is 0 Å². The number of rotatable bonds is 6. The first-order valence-corrected chi connectivity index (χ1v) is 12.9. The van der Waals surface area contributed by atoms with Crippen molar-refractivity contribution in [2.75, 3.05) is 0 Å². The van der Waals surface area contributed by atoms with Gasteiger partial charge in [0.25, 0.3) is 0 Å². The summed E-state index contributed by atoms with van der Waals surface area (Å²) in [7, 11) is 0. The molecule has 0 atom stereocenters. The molecule has 0 radical (unpaired) electrons. The van der Waals surface area contributed by atoms with Crippen LogP contribution < -0.4 is 5.11 Å². The third kappa shape index (κ3) is 8.60. The number of phenols is 2. The predicted molar refractivity (Wildman–Crippen MR) is 159 cm³/mol. The molecule has 0 aliphatic carbocycles. The zero-order valence-electron chi connectivity index (χ0n) is 24.0. The molecule has 1 aromatic heterocycles. The van der Waals surface area contributed by atoms with Gasteiger partial charge in [-0.25, -0.2) is 4.98 Å². The van der Waals surface area contributed by atoms with E-state index in [9.17, 15) is 15.0 Å². The van der Waals surface area contributed by atoms with Crippen LogP contribution in [0, 0.1) is 13.8 Å². The van der Waals surface area contributed by atoms with Gasteiger partial charge in [-0.2, -0.15) is 0 Å². The molecule has 2 N–H and O–H groups in total. The molecule has 0 aliphatic heterocycles. The van der Waals surface area contributed by atoms with Crippen molar-refractivity contribution >= 4 is 28.8 Å². The minimum Gasteiger partial charge on any atom is -0.545 e. The number of carbonyl (C=O) groups is 1. The first-order chi connectivity index (χ1) is 19.0. The molecule has 4 aromatic rings. The number of benzene rings is 3. The Bertz CT molecular complexity index is 1500. The van der Waals surface area contributed by atoms with E-state index in [-0.39, 0.29) is 28.3 Å². The number of aromatic carboxylic acids is 1. The number of aliphatic imine (C=N–C) groups is 2. The fourth-order valence-electron chi connectivity index (χ4n) is 3.98. The van der Waals surface area contributed by atoms with Gasteiger partial charge in [0, 0.05) is 5.56 Å². The molecular weight excluding hydrogens is 561 g/mol. The Labute approximate surface area is 251 Å². The summed E-state index contributed by atoms with van der Waals surface area (Å²) in [6, 6.07) is 24.9. The summed E-state index contributed by atoms with van der Waals surface area (Å²) >= 11 is 0. The number of nitrogens with zero attached hydrogens (tertiary/aromatic N) is 3. The predicted octanol–water partition coefficient (Wildman–Crippen LogP) is 6.56. The number of aromatic hydroxyl groups is 2. The van der Waals surface area contributed by atoms with Gasteiger partial charge in [0.05, 0.1) is 40.2 Å². The molecule has 0 amide bonds. The normalized spacial score (nSPS) is 11.4. The van der Waals surface area contributed by atoms with E-state index in [4.69, 9.17) is 20.1 Å². The summed E-state index contributed by atoms with van der Waals surface area (Å²) in [5.41, 5.74) is 7.88. The molecule has 0 saturated carbocycles. The van der Waals surface area contributed by atoms with Gasteiger partial charge >= 0.3 is 16.8 Å². The van der Waals surface area contributed by atoms with E-state index in [1.165, 1.54) is 12.1 Å². The number of carboxylic acid groups (broad SMARTS) is 1. The second kappa shape index (κ2) is 14.9. The Morgan fingerprint density at radius 1 is 0.756 bits per heavy atom. The fourth-order valence-corrected chi connectivity index (χ4v) is 3.98. The molecule has 214 valence electrons. The van der Waals surface area contributed by atoms with E-state index in [1.807, 2.05) is 68.4 Å². The van der Waals surface area contributed by atoms with Crippen LogP contribution in [0.5, 0.6) is 11.5 Å². The van der Waals surface area contributed by atoms with Gasteiger partial charge in [-0.3, -0.25) is 9.98 Å². The molecule has 8 heteroatoms. The minimum atomic E-state index is -1.48. The zero-order chi connectivity index (χ0) is 29.4. The summed E-state index contributed by atoms with van der Waals surface area (Å²) in [5, 5.41) is 29.2. The molecule has 0 saturated heterocycles. The summed E-state index contributed by atoms with van der Waals surface area (Å²) < 4.78 is 0. The maximum atomic E-state index is 10.7. The van der Waals surface area contributed by atoms with Gasteiger partial charge in [0.2, 0.25) is 0 Å². The quantitative estimate of drug-likeness (QED) is 0.193. The van der Waals surface area contributed by atoms with Gasteiger partial charge in [0.1, 0.15) is 0 Å². The summed E-state index contributed by atoms with van der Waals surface area (Å²) in [6.07, 6.45) is 0. The monoisotopic (exact) mass is 595 g/mol. The molecule has 41 heavy (non-hydrogen) atoms. The van der Waals surface area contributed by atoms with Crippen molar-refractivity contribution in [3.05, 3.63) is 113 Å². The Balaban J connectivity index is 0.000000334. The molecule has 0 bridgehead atoms. The minimum absolute atomic E-state index is 0. The fraction of sp³-hybridized carbons (Fsp3) is 0.212. The SMILES string of the molecule is CC(=Nc1ccccc1C)c1cccc(C(C)=Nc2ccccc2C)n1.CC(C)c1ccc(O)c(O)c1C(=O)[O-].[Co+]. The standard InChI is InChI=1S/C23H23N3.C10H12O4.Co/c1-16-10-5-7-12-20(16)24-18(3)22-14-9-15-23(26-22)19(4)25-21-13-8-6-11-17(21)2;1-5(2)6-3-4-7(11)9(12)8(6)10(13)14;/h5-15H,1-4H3;3-5,11-12H,1-2H3,(H,13,14);/q;;+1/p-1. The third-order valence-electron chi connectivity index (χ3n) is 6.31. The van der Waals surface area contributed by atoms with Crippen LogP contribution >= 0.6 is 0 Å². The summed E-state index contributed by atoms with van der Waals surface area (Å²) in [6.45, 7) is 11.7. The number of carbonyl (C=O) groups excluding carboxylic acids is 1. The van der Waals surface area contributed by atoms with Crippen molar-refractivity contribution < 1.29 is 36.9 Å². The third-order valence-corrected chi connectivity index (χ3v) is 6.31. The van der Waals surface area contributed by atoms with Gasteiger partial charge in [0.15, 0.2) is 11.5 Å². The molecule has 4 rings (SSSR count). The second-order valence-corrected chi connectivity index (χ2v) is 9.72.